The predicted molar refractivity (Wildman–Crippen MR) is 103 cm³/mol. The van der Waals surface area contributed by atoms with Crippen LogP contribution in [-0.4, -0.2) is 21.0 Å². The van der Waals surface area contributed by atoms with Crippen LogP contribution in [0.3, 0.4) is 0 Å². The summed E-state index contributed by atoms with van der Waals surface area (Å²) in [6.07, 6.45) is -3.79. The summed E-state index contributed by atoms with van der Waals surface area (Å²) in [6, 6.07) is 14.1. The molecule has 0 saturated heterocycles. The lowest BCUT2D eigenvalue weighted by molar-refractivity contribution is -0.141. The largest absolute Gasteiger partial charge is 0.433 e. The van der Waals surface area contributed by atoms with Gasteiger partial charge in [-0.15, -0.1) is 0 Å². The summed E-state index contributed by atoms with van der Waals surface area (Å²) in [7, 11) is 0. The van der Waals surface area contributed by atoms with Gasteiger partial charge in [0.05, 0.1) is 21.5 Å². The number of para-hydroxylation sites is 2. The number of nitrogens with one attached hydrogen (secondary N) is 1. The number of benzene rings is 2. The van der Waals surface area contributed by atoms with Gasteiger partial charge in [0.1, 0.15) is 0 Å². The highest BCUT2D eigenvalue weighted by atomic mass is 32.1. The predicted octanol–water partition coefficient (Wildman–Crippen LogP) is 4.85. The molecule has 4 rings (SSSR count). The Bertz CT molecular complexity index is 1220. The Kier molecular flexibility index (Phi) is 4.38. The van der Waals surface area contributed by atoms with Gasteiger partial charge in [0, 0.05) is 6.21 Å². The molecule has 0 bridgehead atoms. The Morgan fingerprint density at radius 3 is 2.57 bits per heavy atom. The Morgan fingerprint density at radius 1 is 1.14 bits per heavy atom. The number of aliphatic imine (C=N–C) groups is 1. The molecule has 2 heterocycles. The number of hydrogen-bond donors (Lipinski definition) is 1. The minimum atomic E-state index is -4.74. The normalized spacial score (nSPS) is 12.3. The molecule has 0 aliphatic rings. The number of thiazole rings is 1. The van der Waals surface area contributed by atoms with Crippen molar-refractivity contribution in [2.24, 2.45) is 4.99 Å². The molecule has 0 amide bonds. The number of rotatable bonds is 3. The molecule has 4 aromatic rings. The lowest BCUT2D eigenvalue weighted by atomic mass is 10.2. The van der Waals surface area contributed by atoms with E-state index in [2.05, 4.69) is 15.1 Å². The minimum absolute atomic E-state index is 0.132. The summed E-state index contributed by atoms with van der Waals surface area (Å²) < 4.78 is 42.1. The van der Waals surface area contributed by atoms with E-state index in [0.717, 1.165) is 32.5 Å². The average Bonchev–Trinajstić information content (AvgIpc) is 3.21. The van der Waals surface area contributed by atoms with Crippen LogP contribution in [0.5, 0.6) is 0 Å². The van der Waals surface area contributed by atoms with Gasteiger partial charge < -0.3 is 0 Å². The van der Waals surface area contributed by atoms with Gasteiger partial charge in [-0.1, -0.05) is 41.7 Å². The molecule has 0 atom stereocenters. The molecule has 5 nitrogen and oxygen atoms in total. The number of aryl methyl sites for hydroxylation is 1. The first-order valence-corrected chi connectivity index (χ1v) is 9.04. The first-order chi connectivity index (χ1) is 13.3. The van der Waals surface area contributed by atoms with Crippen molar-refractivity contribution < 1.29 is 13.2 Å². The minimum Gasteiger partial charge on any atom is -0.284 e. The van der Waals surface area contributed by atoms with E-state index in [9.17, 15) is 18.0 Å². The number of H-pyrrole nitrogens is 1. The van der Waals surface area contributed by atoms with Crippen molar-refractivity contribution in [3.63, 3.8) is 0 Å². The van der Waals surface area contributed by atoms with Crippen LogP contribution < -0.4 is 5.56 Å². The summed E-state index contributed by atoms with van der Waals surface area (Å²) in [4.78, 5) is 21.1. The summed E-state index contributed by atoms with van der Waals surface area (Å²) in [5, 5.41) is 2.29. The third-order valence-electron chi connectivity index (χ3n) is 4.13. The second kappa shape index (κ2) is 6.75. The SMILES string of the molecule is Cc1ccccc1N=Cc1c(C(F)(F)F)[nH]n(-c2nc3ccccc3s2)c1=O. The maximum atomic E-state index is 13.5. The molecule has 0 unspecified atom stereocenters. The number of fused-ring (bicyclic) bond motifs is 1. The van der Waals surface area contributed by atoms with Crippen molar-refractivity contribution in [3.8, 4) is 5.13 Å². The molecule has 142 valence electrons. The van der Waals surface area contributed by atoms with E-state index in [1.54, 1.807) is 55.5 Å². The van der Waals surface area contributed by atoms with Crippen LogP contribution in [-0.2, 0) is 6.18 Å². The number of halogens is 3. The quantitative estimate of drug-likeness (QED) is 0.498. The van der Waals surface area contributed by atoms with Gasteiger partial charge in [-0.25, -0.2) is 4.98 Å². The van der Waals surface area contributed by atoms with E-state index in [0.29, 0.717) is 11.2 Å². The summed E-state index contributed by atoms with van der Waals surface area (Å²) in [5.41, 5.74) is -0.697. The molecule has 0 saturated carbocycles. The third-order valence-corrected chi connectivity index (χ3v) is 5.15. The molecule has 0 aliphatic carbocycles. The highest BCUT2D eigenvalue weighted by Crippen LogP contribution is 2.30. The van der Waals surface area contributed by atoms with E-state index in [1.165, 1.54) is 0 Å². The fraction of sp³-hybridized carbons (Fsp3) is 0.105. The molecular formula is C19H13F3N4OS. The lowest BCUT2D eigenvalue weighted by Gasteiger charge is -2.04. The van der Waals surface area contributed by atoms with E-state index in [-0.39, 0.29) is 5.13 Å². The van der Waals surface area contributed by atoms with Crippen LogP contribution >= 0.6 is 11.3 Å². The van der Waals surface area contributed by atoms with Crippen molar-refractivity contribution in [2.45, 2.75) is 13.1 Å². The molecule has 2 aromatic carbocycles. The molecule has 0 fully saturated rings. The first kappa shape index (κ1) is 18.2. The lowest BCUT2D eigenvalue weighted by Crippen LogP contribution is -2.17. The van der Waals surface area contributed by atoms with Gasteiger partial charge in [0.15, 0.2) is 5.69 Å². The number of aromatic amines is 1. The monoisotopic (exact) mass is 402 g/mol. The highest BCUT2D eigenvalue weighted by molar-refractivity contribution is 7.20. The number of aromatic nitrogens is 3. The van der Waals surface area contributed by atoms with Crippen molar-refractivity contribution in [3.05, 3.63) is 75.7 Å². The Morgan fingerprint density at radius 2 is 1.86 bits per heavy atom. The van der Waals surface area contributed by atoms with Crippen LogP contribution in [0.25, 0.3) is 15.3 Å². The van der Waals surface area contributed by atoms with E-state index in [4.69, 9.17) is 0 Å². The van der Waals surface area contributed by atoms with Gasteiger partial charge in [-0.3, -0.25) is 14.9 Å². The van der Waals surface area contributed by atoms with Crippen molar-refractivity contribution in [1.82, 2.24) is 14.8 Å². The zero-order valence-corrected chi connectivity index (χ0v) is 15.3. The zero-order valence-electron chi connectivity index (χ0n) is 14.5. The molecule has 28 heavy (non-hydrogen) atoms. The maximum Gasteiger partial charge on any atom is 0.433 e. The fourth-order valence-corrected chi connectivity index (χ4v) is 3.64. The van der Waals surface area contributed by atoms with Crippen LogP contribution in [0.4, 0.5) is 18.9 Å². The van der Waals surface area contributed by atoms with Crippen LogP contribution in [0.2, 0.25) is 0 Å². The van der Waals surface area contributed by atoms with Gasteiger partial charge in [-0.2, -0.15) is 17.9 Å². The van der Waals surface area contributed by atoms with E-state index in [1.807, 2.05) is 0 Å². The van der Waals surface area contributed by atoms with Crippen molar-refractivity contribution in [1.29, 1.82) is 0 Å². The standard InChI is InChI=1S/C19H13F3N4OS/c1-11-6-2-3-7-13(11)23-10-12-16(19(20,21)22)25-26(17(12)27)18-24-14-8-4-5-9-15(14)28-18/h2-10,25H,1H3. The van der Waals surface area contributed by atoms with Gasteiger partial charge in [-0.05, 0) is 30.7 Å². The molecule has 9 heteroatoms. The second-order valence-corrected chi connectivity index (χ2v) is 7.06. The Hall–Kier alpha value is -3.20. The van der Waals surface area contributed by atoms with Gasteiger partial charge in [0.2, 0.25) is 5.13 Å². The van der Waals surface area contributed by atoms with Crippen LogP contribution in [0.15, 0.2) is 58.3 Å². The van der Waals surface area contributed by atoms with Crippen LogP contribution in [0.1, 0.15) is 16.8 Å². The highest BCUT2D eigenvalue weighted by Gasteiger charge is 2.38. The first-order valence-electron chi connectivity index (χ1n) is 8.22. The Balaban J connectivity index is 1.86. The van der Waals surface area contributed by atoms with Gasteiger partial charge >= 0.3 is 6.18 Å². The number of nitrogens with zero attached hydrogens (tertiary/aromatic N) is 3. The molecule has 0 radical (unpaired) electrons. The van der Waals surface area contributed by atoms with E-state index >= 15 is 0 Å². The zero-order chi connectivity index (χ0) is 19.9. The molecule has 0 aliphatic heterocycles. The number of alkyl halides is 3. The molecule has 2 aromatic heterocycles. The second-order valence-electron chi connectivity index (χ2n) is 6.05. The summed E-state index contributed by atoms with van der Waals surface area (Å²) in [5.74, 6) is 0. The summed E-state index contributed by atoms with van der Waals surface area (Å²) in [6.45, 7) is 1.79. The average molecular weight is 402 g/mol. The Labute approximate surface area is 160 Å². The van der Waals surface area contributed by atoms with Gasteiger partial charge in [0.25, 0.3) is 5.56 Å². The molecule has 1 N–H and O–H groups in total. The van der Waals surface area contributed by atoms with Crippen LogP contribution in [0, 0.1) is 6.92 Å². The molecule has 0 spiro atoms. The number of hydrogen-bond acceptors (Lipinski definition) is 4. The van der Waals surface area contributed by atoms with E-state index < -0.39 is 23.0 Å². The smallest absolute Gasteiger partial charge is 0.284 e. The fourth-order valence-electron chi connectivity index (χ4n) is 2.72. The topological polar surface area (TPSA) is 63.0 Å². The van der Waals surface area contributed by atoms with Crippen molar-refractivity contribution >= 4 is 33.5 Å². The summed E-state index contributed by atoms with van der Waals surface area (Å²) >= 11 is 1.12. The maximum absolute atomic E-state index is 13.5. The van der Waals surface area contributed by atoms with Crippen molar-refractivity contribution in [2.75, 3.05) is 0 Å². The molecular weight excluding hydrogens is 389 g/mol. The third kappa shape index (κ3) is 3.24.